The molecule has 418 valence electrons. The highest BCUT2D eigenvalue weighted by Crippen LogP contribution is 2.32. The second-order valence-corrected chi connectivity index (χ2v) is 19.4. The SMILES string of the molecule is CCCCCN(CCN(CC=O)CCN(CCC)CC(=O)NCCCCNC(=O)C(Cc1cccc(OS(=O)(=O)F)c1)NCCCOc1ccc2nccc(C(=O)NCC(=O)N3CC(F)(F)CC3C#N)c2c1)CC(=O)O. The van der Waals surface area contributed by atoms with Crippen molar-refractivity contribution in [2.75, 3.05) is 98.2 Å². The quantitative estimate of drug-likeness (QED) is 0.0315. The van der Waals surface area contributed by atoms with Crippen LogP contribution in [0.1, 0.15) is 81.1 Å². The largest absolute Gasteiger partial charge is 0.494 e. The van der Waals surface area contributed by atoms with Gasteiger partial charge >= 0.3 is 16.5 Å². The minimum atomic E-state index is -5.30. The van der Waals surface area contributed by atoms with Gasteiger partial charge in [-0.3, -0.25) is 43.7 Å². The molecule has 0 saturated carbocycles. The third kappa shape index (κ3) is 22.8. The Balaban J connectivity index is 1.26. The van der Waals surface area contributed by atoms with Gasteiger partial charge in [0.05, 0.1) is 62.5 Å². The van der Waals surface area contributed by atoms with Crippen molar-refractivity contribution in [3.8, 4) is 17.6 Å². The Morgan fingerprint density at radius 2 is 1.61 bits per heavy atom. The van der Waals surface area contributed by atoms with Gasteiger partial charge in [-0.1, -0.05) is 42.7 Å². The number of carbonyl (C=O) groups excluding carboxylic acids is 5. The smallest absolute Gasteiger partial charge is 0.488 e. The van der Waals surface area contributed by atoms with Crippen LogP contribution in [0.2, 0.25) is 0 Å². The lowest BCUT2D eigenvalue weighted by Gasteiger charge is -2.28. The van der Waals surface area contributed by atoms with Crippen LogP contribution in [0.3, 0.4) is 0 Å². The topological polar surface area (TPSA) is 273 Å². The number of carbonyl (C=O) groups is 6. The molecular weight excluding hydrogens is 1020 g/mol. The molecule has 3 aromatic rings. The number of nitrogens with one attached hydrogen (secondary N) is 4. The van der Waals surface area contributed by atoms with E-state index in [0.29, 0.717) is 87.3 Å². The van der Waals surface area contributed by atoms with Gasteiger partial charge in [-0.2, -0.15) is 13.7 Å². The fraction of sp³-hybridized carbons (Fsp3) is 0.569. The molecule has 1 aliphatic heterocycles. The molecule has 76 heavy (non-hydrogen) atoms. The molecule has 2 aromatic carbocycles. The lowest BCUT2D eigenvalue weighted by Crippen LogP contribution is -2.46. The van der Waals surface area contributed by atoms with Gasteiger partial charge in [0, 0.05) is 57.3 Å². The van der Waals surface area contributed by atoms with Crippen LogP contribution in [-0.2, 0) is 40.9 Å². The molecule has 21 nitrogen and oxygen atoms in total. The maximum atomic E-state index is 13.9. The second-order valence-electron chi connectivity index (χ2n) is 18.5. The van der Waals surface area contributed by atoms with Crippen LogP contribution < -0.4 is 30.2 Å². The highest BCUT2D eigenvalue weighted by Gasteiger charge is 2.47. The zero-order valence-corrected chi connectivity index (χ0v) is 44.0. The first-order valence-electron chi connectivity index (χ1n) is 25.5. The molecule has 1 aliphatic rings. The molecule has 5 N–H and O–H groups in total. The number of hydrogen-bond acceptors (Lipinski definition) is 16. The van der Waals surface area contributed by atoms with Crippen LogP contribution in [-0.4, -0.2) is 190 Å². The maximum absolute atomic E-state index is 13.9. The molecular formula is C51H71F3N10O11S. The minimum Gasteiger partial charge on any atom is -0.494 e. The maximum Gasteiger partial charge on any atom is 0.488 e. The third-order valence-corrected chi connectivity index (χ3v) is 12.7. The third-order valence-electron chi connectivity index (χ3n) is 12.3. The normalized spacial score (nSPS) is 14.6. The number of benzene rings is 2. The zero-order chi connectivity index (χ0) is 55.5. The summed E-state index contributed by atoms with van der Waals surface area (Å²) in [5, 5.41) is 30.5. The zero-order valence-electron chi connectivity index (χ0n) is 43.2. The number of ether oxygens (including phenoxy) is 1. The van der Waals surface area contributed by atoms with E-state index in [4.69, 9.17) is 4.74 Å². The predicted molar refractivity (Wildman–Crippen MR) is 276 cm³/mol. The standard InChI is InChI=1S/C51H71F3N10O11S/c1-3-5-8-21-63(36-48(68)69)25-23-61(26-27-65)22-24-62(20-4-2)35-46(66)58-16-6-7-17-59-50(71)45(30-38-11-9-12-41(29-38)75-76(54,72)73)56-18-10-28-74-40-13-14-44-43(31-40)42(15-19-57-44)49(70)60-34-47(67)64-37-51(52,53)32-39(64)33-55/h9,11-15,19,27,29,31,39,45,56H,3-8,10,16-18,20-26,28,30,32,34-37H2,1-2H3,(H,58,66)(H,59,71)(H,60,70)(H,68,69). The molecule has 4 rings (SSSR count). The predicted octanol–water partition coefficient (Wildman–Crippen LogP) is 3.09. The number of rotatable bonds is 37. The van der Waals surface area contributed by atoms with Gasteiger partial charge in [-0.05, 0) is 100 Å². The first-order chi connectivity index (χ1) is 36.3. The van der Waals surface area contributed by atoms with Crippen molar-refractivity contribution in [3.63, 3.8) is 0 Å². The Bertz CT molecular complexity index is 2540. The minimum absolute atomic E-state index is 0.0627. The van der Waals surface area contributed by atoms with E-state index in [0.717, 1.165) is 36.9 Å². The molecule has 1 aromatic heterocycles. The van der Waals surface area contributed by atoms with Crippen molar-refractivity contribution in [2.24, 2.45) is 0 Å². The molecule has 0 radical (unpaired) electrons. The van der Waals surface area contributed by atoms with Gasteiger partial charge in [0.2, 0.25) is 17.7 Å². The number of alkyl halides is 2. The van der Waals surface area contributed by atoms with Gasteiger partial charge in [-0.15, -0.1) is 0 Å². The Morgan fingerprint density at radius 3 is 2.29 bits per heavy atom. The fourth-order valence-electron chi connectivity index (χ4n) is 8.50. The summed E-state index contributed by atoms with van der Waals surface area (Å²) in [6.07, 6.45) is 6.67. The van der Waals surface area contributed by atoms with Crippen LogP contribution in [0.4, 0.5) is 12.7 Å². The first kappa shape index (κ1) is 62.1. The number of amides is 4. The number of pyridine rings is 1. The number of aliphatic carboxylic acids is 1. The first-order valence-corrected chi connectivity index (χ1v) is 26.8. The number of carboxylic acids is 1. The number of unbranched alkanes of at least 4 members (excludes halogenated alkanes) is 3. The van der Waals surface area contributed by atoms with E-state index in [1.54, 1.807) is 30.3 Å². The van der Waals surface area contributed by atoms with E-state index in [1.165, 1.54) is 30.5 Å². The van der Waals surface area contributed by atoms with Crippen LogP contribution in [0.15, 0.2) is 54.7 Å². The number of carboxylic acid groups (broad SMARTS) is 1. The molecule has 1 saturated heterocycles. The van der Waals surface area contributed by atoms with E-state index in [1.807, 2.05) is 21.6 Å². The summed E-state index contributed by atoms with van der Waals surface area (Å²) in [5.41, 5.74) is 1.05. The van der Waals surface area contributed by atoms with Gasteiger partial charge in [-0.25, -0.2) is 8.78 Å². The Labute approximate surface area is 442 Å². The molecule has 0 bridgehead atoms. The molecule has 0 aliphatic carbocycles. The summed E-state index contributed by atoms with van der Waals surface area (Å²) in [6.45, 7) is 7.27. The van der Waals surface area contributed by atoms with E-state index < -0.39 is 65.8 Å². The summed E-state index contributed by atoms with van der Waals surface area (Å²) in [7, 11) is -5.30. The van der Waals surface area contributed by atoms with E-state index in [2.05, 4.69) is 37.4 Å². The number of aromatic nitrogens is 1. The molecule has 2 unspecified atom stereocenters. The molecule has 2 heterocycles. The summed E-state index contributed by atoms with van der Waals surface area (Å²) in [4.78, 5) is 86.3. The number of likely N-dealkylation sites (tertiary alicyclic amines) is 1. The number of nitrogens with zero attached hydrogens (tertiary/aromatic N) is 6. The van der Waals surface area contributed by atoms with E-state index >= 15 is 0 Å². The second kappa shape index (κ2) is 32.2. The van der Waals surface area contributed by atoms with E-state index in [-0.39, 0.29) is 68.9 Å². The highest BCUT2D eigenvalue weighted by atomic mass is 32.3. The summed E-state index contributed by atoms with van der Waals surface area (Å²) in [6, 6.07) is 11.5. The Kier molecular flexibility index (Phi) is 26.3. The Morgan fingerprint density at radius 1 is 0.882 bits per heavy atom. The Hall–Kier alpha value is -6.46. The number of nitriles is 1. The van der Waals surface area contributed by atoms with Gasteiger partial charge in [0.15, 0.2) is 0 Å². The van der Waals surface area contributed by atoms with Gasteiger partial charge in [0.25, 0.3) is 11.8 Å². The lowest BCUT2D eigenvalue weighted by molar-refractivity contribution is -0.138. The molecule has 25 heteroatoms. The fourth-order valence-corrected chi connectivity index (χ4v) is 8.83. The van der Waals surface area contributed by atoms with Crippen LogP contribution in [0.5, 0.6) is 11.5 Å². The summed E-state index contributed by atoms with van der Waals surface area (Å²) >= 11 is 0. The number of fused-ring (bicyclic) bond motifs is 1. The van der Waals surface area contributed by atoms with Gasteiger partial charge in [0.1, 0.15) is 23.8 Å². The number of hydrogen-bond donors (Lipinski definition) is 5. The molecule has 2 atom stereocenters. The van der Waals surface area contributed by atoms with Crippen LogP contribution in [0.25, 0.3) is 10.9 Å². The van der Waals surface area contributed by atoms with Crippen molar-refractivity contribution in [2.45, 2.75) is 89.6 Å². The van der Waals surface area contributed by atoms with Gasteiger partial charge < -0.3 is 45.0 Å². The van der Waals surface area contributed by atoms with Crippen molar-refractivity contribution >= 4 is 57.3 Å². The number of aldehydes is 1. The monoisotopic (exact) mass is 1090 g/mol. The molecule has 1 fully saturated rings. The van der Waals surface area contributed by atoms with Crippen molar-refractivity contribution in [1.29, 1.82) is 5.26 Å². The molecule has 4 amide bonds. The molecule has 0 spiro atoms. The van der Waals surface area contributed by atoms with Crippen LogP contribution >= 0.6 is 0 Å². The highest BCUT2D eigenvalue weighted by molar-refractivity contribution is 7.81. The van der Waals surface area contributed by atoms with Crippen molar-refractivity contribution < 1.29 is 63.9 Å². The number of halogens is 3. The lowest BCUT2D eigenvalue weighted by atomic mass is 10.0. The summed E-state index contributed by atoms with van der Waals surface area (Å²) in [5.74, 6) is -6.05. The average Bonchev–Trinajstić information content (AvgIpc) is 3.70. The van der Waals surface area contributed by atoms with Crippen LogP contribution in [0, 0.1) is 11.3 Å². The average molecular weight is 1090 g/mol. The van der Waals surface area contributed by atoms with Crippen molar-refractivity contribution in [1.82, 2.24) is 45.9 Å². The summed E-state index contributed by atoms with van der Waals surface area (Å²) < 4.78 is 73.8. The van der Waals surface area contributed by atoms with Crippen molar-refractivity contribution in [3.05, 3.63) is 65.9 Å². The van der Waals surface area contributed by atoms with E-state index in [9.17, 15) is 60.2 Å².